The van der Waals surface area contributed by atoms with Crippen molar-refractivity contribution in [1.82, 2.24) is 19.5 Å². The largest absolute Gasteiger partial charge is 0.416 e. The predicted octanol–water partition coefficient (Wildman–Crippen LogP) is 5.95. The fourth-order valence-corrected chi connectivity index (χ4v) is 4.52. The molecule has 8 heteroatoms. The van der Waals surface area contributed by atoms with E-state index < -0.39 is 11.7 Å². The number of nitrogens with one attached hydrogen (secondary N) is 1. The van der Waals surface area contributed by atoms with E-state index >= 15 is 0 Å². The smallest absolute Gasteiger partial charge is 0.323 e. The molecule has 2 aromatic carbocycles. The van der Waals surface area contributed by atoms with Crippen LogP contribution in [-0.4, -0.2) is 32.6 Å². The third-order valence-electron chi connectivity index (χ3n) is 6.36. The van der Waals surface area contributed by atoms with Crippen molar-refractivity contribution in [3.05, 3.63) is 89.6 Å². The summed E-state index contributed by atoms with van der Waals surface area (Å²) in [5.41, 5.74) is 2.98. The molecule has 176 valence electrons. The van der Waals surface area contributed by atoms with Gasteiger partial charge in [0.2, 0.25) is 5.95 Å². The number of alkyl halides is 3. The Morgan fingerprint density at radius 2 is 1.62 bits per heavy atom. The van der Waals surface area contributed by atoms with Crippen LogP contribution in [0.4, 0.5) is 24.8 Å². The summed E-state index contributed by atoms with van der Waals surface area (Å²) in [6, 6.07) is 21.4. The number of anilines is 2. The van der Waals surface area contributed by atoms with E-state index in [2.05, 4.69) is 50.6 Å². The van der Waals surface area contributed by atoms with Crippen LogP contribution in [0.3, 0.4) is 0 Å². The van der Waals surface area contributed by atoms with Crippen LogP contribution in [0.15, 0.2) is 72.8 Å². The van der Waals surface area contributed by atoms with E-state index in [9.17, 15) is 13.2 Å². The van der Waals surface area contributed by atoms with Gasteiger partial charge in [0, 0.05) is 17.9 Å². The Labute approximate surface area is 196 Å². The lowest BCUT2D eigenvalue weighted by atomic mass is 9.91. The minimum atomic E-state index is -4.35. The highest BCUT2D eigenvalue weighted by Crippen LogP contribution is 2.30. The Morgan fingerprint density at radius 1 is 0.882 bits per heavy atom. The van der Waals surface area contributed by atoms with Crippen molar-refractivity contribution in [2.24, 2.45) is 5.92 Å². The lowest BCUT2D eigenvalue weighted by Crippen LogP contribution is -2.34. The van der Waals surface area contributed by atoms with Gasteiger partial charge in [-0.15, -0.1) is 5.10 Å². The van der Waals surface area contributed by atoms with Gasteiger partial charge in [-0.3, -0.25) is 4.90 Å². The molecule has 1 fully saturated rings. The molecule has 0 bridgehead atoms. The van der Waals surface area contributed by atoms with E-state index in [4.69, 9.17) is 0 Å². The second-order valence-corrected chi connectivity index (χ2v) is 8.83. The van der Waals surface area contributed by atoms with Crippen LogP contribution in [0.1, 0.15) is 29.7 Å². The number of hydrogen-bond donors (Lipinski definition) is 1. The van der Waals surface area contributed by atoms with Crippen LogP contribution in [-0.2, 0) is 19.1 Å². The Bertz CT molecular complexity index is 1230. The molecule has 0 saturated carbocycles. The molecule has 1 aliphatic heterocycles. The molecule has 4 aromatic rings. The number of pyridine rings is 1. The minimum Gasteiger partial charge on any atom is -0.323 e. The Morgan fingerprint density at radius 3 is 2.32 bits per heavy atom. The first-order valence-corrected chi connectivity index (χ1v) is 11.5. The molecule has 0 unspecified atom stereocenters. The second kappa shape index (κ2) is 9.46. The molecule has 3 heterocycles. The van der Waals surface area contributed by atoms with E-state index in [0.29, 0.717) is 23.2 Å². The first kappa shape index (κ1) is 22.4. The Balaban J connectivity index is 1.23. The lowest BCUT2D eigenvalue weighted by molar-refractivity contribution is -0.137. The van der Waals surface area contributed by atoms with E-state index in [1.165, 1.54) is 17.7 Å². The van der Waals surface area contributed by atoms with Gasteiger partial charge < -0.3 is 5.32 Å². The number of fused-ring (bicyclic) bond motifs is 1. The molecular weight excluding hydrogens is 439 g/mol. The van der Waals surface area contributed by atoms with Gasteiger partial charge in [0.1, 0.15) is 0 Å². The van der Waals surface area contributed by atoms with Crippen molar-refractivity contribution >= 4 is 17.3 Å². The topological polar surface area (TPSA) is 45.5 Å². The number of benzene rings is 2. The van der Waals surface area contributed by atoms with Crippen LogP contribution in [0.2, 0.25) is 0 Å². The van der Waals surface area contributed by atoms with Gasteiger partial charge in [-0.25, -0.2) is 4.52 Å². The third kappa shape index (κ3) is 5.22. The summed E-state index contributed by atoms with van der Waals surface area (Å²) in [5.74, 6) is 0.943. The maximum absolute atomic E-state index is 12.8. The van der Waals surface area contributed by atoms with E-state index in [1.54, 1.807) is 0 Å². The highest BCUT2D eigenvalue weighted by Gasteiger charge is 2.30. The molecule has 0 amide bonds. The normalized spacial score (nSPS) is 15.6. The molecule has 1 saturated heterocycles. The number of likely N-dealkylation sites (tertiary alicyclic amines) is 1. The summed E-state index contributed by atoms with van der Waals surface area (Å²) in [6.07, 6.45) is -1.17. The first-order valence-electron chi connectivity index (χ1n) is 11.5. The molecule has 5 nitrogen and oxygen atoms in total. The van der Waals surface area contributed by atoms with E-state index in [-0.39, 0.29) is 0 Å². The number of nitrogens with zero attached hydrogens (tertiary/aromatic N) is 4. The number of aromatic nitrogens is 3. The van der Waals surface area contributed by atoms with Crippen molar-refractivity contribution < 1.29 is 13.2 Å². The molecule has 0 radical (unpaired) electrons. The molecule has 5 rings (SSSR count). The summed E-state index contributed by atoms with van der Waals surface area (Å²) in [4.78, 5) is 7.01. The summed E-state index contributed by atoms with van der Waals surface area (Å²) in [5, 5.41) is 7.59. The van der Waals surface area contributed by atoms with Crippen molar-refractivity contribution in [2.75, 3.05) is 18.4 Å². The van der Waals surface area contributed by atoms with Crippen LogP contribution in [0.5, 0.6) is 0 Å². The molecule has 0 atom stereocenters. The van der Waals surface area contributed by atoms with Crippen LogP contribution in [0, 0.1) is 5.92 Å². The average molecular weight is 466 g/mol. The summed E-state index contributed by atoms with van der Waals surface area (Å²) < 4.78 is 40.2. The number of hydrogen-bond acceptors (Lipinski definition) is 4. The van der Waals surface area contributed by atoms with Crippen LogP contribution >= 0.6 is 0 Å². The zero-order valence-electron chi connectivity index (χ0n) is 18.7. The van der Waals surface area contributed by atoms with Crippen LogP contribution in [0.25, 0.3) is 5.65 Å². The second-order valence-electron chi connectivity index (χ2n) is 8.83. The zero-order chi connectivity index (χ0) is 23.5. The summed E-state index contributed by atoms with van der Waals surface area (Å²) >= 11 is 0. The average Bonchev–Trinajstić information content (AvgIpc) is 3.24. The van der Waals surface area contributed by atoms with Crippen molar-refractivity contribution in [3.63, 3.8) is 0 Å². The van der Waals surface area contributed by atoms with Crippen molar-refractivity contribution in [3.8, 4) is 0 Å². The fourth-order valence-electron chi connectivity index (χ4n) is 4.52. The Hall–Kier alpha value is -3.39. The van der Waals surface area contributed by atoms with Gasteiger partial charge in [0.05, 0.1) is 5.56 Å². The van der Waals surface area contributed by atoms with Crippen molar-refractivity contribution in [2.45, 2.75) is 32.0 Å². The molecule has 0 aliphatic carbocycles. The van der Waals surface area contributed by atoms with Crippen molar-refractivity contribution in [1.29, 1.82) is 0 Å². The van der Waals surface area contributed by atoms with Crippen LogP contribution < -0.4 is 5.32 Å². The highest BCUT2D eigenvalue weighted by molar-refractivity contribution is 5.56. The van der Waals surface area contributed by atoms with Gasteiger partial charge in [0.15, 0.2) is 5.65 Å². The third-order valence-corrected chi connectivity index (χ3v) is 6.36. The van der Waals surface area contributed by atoms with Gasteiger partial charge in [-0.2, -0.15) is 18.2 Å². The molecular formula is C26H26F3N5. The van der Waals surface area contributed by atoms with Gasteiger partial charge >= 0.3 is 6.18 Å². The molecule has 2 aromatic heterocycles. The summed E-state index contributed by atoms with van der Waals surface area (Å²) in [6.45, 7) is 3.15. The quantitative estimate of drug-likeness (QED) is 0.382. The van der Waals surface area contributed by atoms with E-state index in [0.717, 1.165) is 56.7 Å². The van der Waals surface area contributed by atoms with Gasteiger partial charge in [0.25, 0.3) is 0 Å². The van der Waals surface area contributed by atoms with Gasteiger partial charge in [-0.05, 0) is 80.2 Å². The maximum Gasteiger partial charge on any atom is 0.416 e. The maximum atomic E-state index is 12.8. The zero-order valence-corrected chi connectivity index (χ0v) is 18.7. The Kier molecular flexibility index (Phi) is 6.24. The van der Waals surface area contributed by atoms with Gasteiger partial charge in [-0.1, -0.05) is 36.4 Å². The summed E-state index contributed by atoms with van der Waals surface area (Å²) in [7, 11) is 0. The molecule has 0 spiro atoms. The monoisotopic (exact) mass is 465 g/mol. The standard InChI is InChI=1S/C26H26F3N5/c27-26(28,29)21-9-11-22(12-10-21)30-25-31-24-8-4-7-23(34(24)32-25)17-19-13-15-33(16-14-19)18-20-5-2-1-3-6-20/h1-12,19H,13-18H2,(H,30,32). The fraction of sp³-hybridized carbons (Fsp3) is 0.308. The number of piperidine rings is 1. The molecule has 1 aliphatic rings. The predicted molar refractivity (Wildman–Crippen MR) is 126 cm³/mol. The lowest BCUT2D eigenvalue weighted by Gasteiger charge is -2.32. The highest BCUT2D eigenvalue weighted by atomic mass is 19.4. The first-order chi connectivity index (χ1) is 16.4. The minimum absolute atomic E-state index is 0.366. The SMILES string of the molecule is FC(F)(F)c1ccc(Nc2nc3cccc(CC4CCN(Cc5ccccc5)CC4)n3n2)cc1. The molecule has 1 N–H and O–H groups in total. The molecule has 34 heavy (non-hydrogen) atoms. The number of rotatable bonds is 6. The van der Waals surface area contributed by atoms with E-state index in [1.807, 2.05) is 22.7 Å². The number of halogens is 3.